The lowest BCUT2D eigenvalue weighted by Crippen LogP contribution is -2.15. The van der Waals surface area contributed by atoms with E-state index in [0.29, 0.717) is 11.7 Å². The van der Waals surface area contributed by atoms with Crippen molar-refractivity contribution in [2.24, 2.45) is 0 Å². The zero-order chi connectivity index (χ0) is 11.4. The number of hydrogen-bond donors (Lipinski definition) is 0. The molecule has 1 aromatic rings. The highest BCUT2D eigenvalue weighted by Gasteiger charge is 2.17. The predicted octanol–water partition coefficient (Wildman–Crippen LogP) is 2.81. The monoisotopic (exact) mass is 209 g/mol. The zero-order valence-electron chi connectivity index (χ0n) is 9.91. The van der Waals surface area contributed by atoms with Gasteiger partial charge in [0.1, 0.15) is 5.69 Å². The van der Waals surface area contributed by atoms with Gasteiger partial charge in [0.2, 0.25) is 0 Å². The Kier molecular flexibility index (Phi) is 3.95. The second kappa shape index (κ2) is 5.01. The first-order valence-electron chi connectivity index (χ1n) is 5.44. The van der Waals surface area contributed by atoms with E-state index < -0.39 is 0 Å². The molecule has 0 aliphatic carbocycles. The van der Waals surface area contributed by atoms with Crippen molar-refractivity contribution in [3.63, 3.8) is 0 Å². The molecule has 0 aliphatic heterocycles. The number of rotatable bonds is 4. The Morgan fingerprint density at radius 1 is 1.47 bits per heavy atom. The summed E-state index contributed by atoms with van der Waals surface area (Å²) in [5.41, 5.74) is 1.84. The average Bonchev–Trinajstić information content (AvgIpc) is 2.70. The predicted molar refractivity (Wildman–Crippen MR) is 60.2 cm³/mol. The van der Waals surface area contributed by atoms with E-state index in [4.69, 9.17) is 4.74 Å². The largest absolute Gasteiger partial charge is 0.464 e. The fourth-order valence-electron chi connectivity index (χ4n) is 1.75. The molecule has 0 aliphatic rings. The molecule has 3 heteroatoms. The Labute approximate surface area is 91.0 Å². The number of ether oxygens (including phenoxy) is 1. The molecule has 1 rings (SSSR count). The fourth-order valence-corrected chi connectivity index (χ4v) is 1.75. The van der Waals surface area contributed by atoms with Gasteiger partial charge in [-0.25, -0.2) is 4.79 Å². The molecule has 0 amide bonds. The number of methoxy groups -OCH3 is 1. The molecule has 1 aromatic heterocycles. The Morgan fingerprint density at radius 2 is 2.13 bits per heavy atom. The highest BCUT2D eigenvalue weighted by atomic mass is 16.5. The maximum atomic E-state index is 11.5. The normalized spacial score (nSPS) is 12.5. The summed E-state index contributed by atoms with van der Waals surface area (Å²) >= 11 is 0. The van der Waals surface area contributed by atoms with Gasteiger partial charge in [0.15, 0.2) is 0 Å². The van der Waals surface area contributed by atoms with Gasteiger partial charge in [-0.05, 0) is 31.9 Å². The molecule has 0 bridgehead atoms. The van der Waals surface area contributed by atoms with Crippen LogP contribution in [0.3, 0.4) is 0 Å². The standard InChI is InChI=1S/C12H19NO2/c1-5-9(3)13-10(6-2)7-8-11(13)12(14)15-4/h7-9H,5-6H2,1-4H3/t9-/m0/s1. The number of aromatic nitrogens is 1. The molecule has 3 nitrogen and oxygen atoms in total. The lowest BCUT2D eigenvalue weighted by molar-refractivity contribution is 0.0585. The summed E-state index contributed by atoms with van der Waals surface area (Å²) in [4.78, 5) is 11.5. The van der Waals surface area contributed by atoms with Crippen LogP contribution in [0.1, 0.15) is 49.4 Å². The Hall–Kier alpha value is -1.25. The molecular formula is C12H19NO2. The third-order valence-corrected chi connectivity index (χ3v) is 2.79. The van der Waals surface area contributed by atoms with Crippen LogP contribution in [0.25, 0.3) is 0 Å². The van der Waals surface area contributed by atoms with Gasteiger partial charge in [-0.3, -0.25) is 0 Å². The van der Waals surface area contributed by atoms with E-state index in [1.807, 2.05) is 12.1 Å². The number of esters is 1. The summed E-state index contributed by atoms with van der Waals surface area (Å²) in [6.45, 7) is 6.33. The lowest BCUT2D eigenvalue weighted by Gasteiger charge is -2.17. The molecule has 0 fully saturated rings. The van der Waals surface area contributed by atoms with E-state index in [9.17, 15) is 4.79 Å². The Balaban J connectivity index is 3.16. The smallest absolute Gasteiger partial charge is 0.354 e. The van der Waals surface area contributed by atoms with E-state index in [1.54, 1.807) is 0 Å². The SMILES string of the molecule is CCc1ccc(C(=O)OC)n1[C@@H](C)CC. The van der Waals surface area contributed by atoms with E-state index in [1.165, 1.54) is 12.8 Å². The summed E-state index contributed by atoms with van der Waals surface area (Å²) < 4.78 is 6.84. The van der Waals surface area contributed by atoms with Crippen LogP contribution in [0.15, 0.2) is 12.1 Å². The number of nitrogens with zero attached hydrogens (tertiary/aromatic N) is 1. The third kappa shape index (κ3) is 2.22. The van der Waals surface area contributed by atoms with Gasteiger partial charge in [0, 0.05) is 11.7 Å². The summed E-state index contributed by atoms with van der Waals surface area (Å²) in [6, 6.07) is 4.18. The van der Waals surface area contributed by atoms with E-state index >= 15 is 0 Å². The molecule has 0 saturated heterocycles. The van der Waals surface area contributed by atoms with Crippen LogP contribution in [-0.4, -0.2) is 17.6 Å². The van der Waals surface area contributed by atoms with Crippen molar-refractivity contribution in [3.8, 4) is 0 Å². The van der Waals surface area contributed by atoms with Crippen molar-refractivity contribution in [3.05, 3.63) is 23.5 Å². The summed E-state index contributed by atoms with van der Waals surface area (Å²) in [6.07, 6.45) is 1.94. The number of carbonyl (C=O) groups excluding carboxylic acids is 1. The number of carbonyl (C=O) groups is 1. The topological polar surface area (TPSA) is 31.2 Å². The minimum absolute atomic E-state index is 0.255. The van der Waals surface area contributed by atoms with Crippen molar-refractivity contribution in [1.29, 1.82) is 0 Å². The van der Waals surface area contributed by atoms with Gasteiger partial charge in [-0.2, -0.15) is 0 Å². The molecule has 1 heterocycles. The van der Waals surface area contributed by atoms with Gasteiger partial charge >= 0.3 is 5.97 Å². The first kappa shape index (κ1) is 11.8. The molecule has 0 spiro atoms. The van der Waals surface area contributed by atoms with Crippen molar-refractivity contribution in [2.45, 2.75) is 39.7 Å². The quantitative estimate of drug-likeness (QED) is 0.714. The second-order valence-corrected chi connectivity index (χ2v) is 3.68. The first-order chi connectivity index (χ1) is 7.15. The molecule has 15 heavy (non-hydrogen) atoms. The molecular weight excluding hydrogens is 190 g/mol. The van der Waals surface area contributed by atoms with Crippen molar-refractivity contribution in [1.82, 2.24) is 4.57 Å². The van der Waals surface area contributed by atoms with Crippen LogP contribution in [0.4, 0.5) is 0 Å². The summed E-state index contributed by atoms with van der Waals surface area (Å²) in [5.74, 6) is -0.255. The van der Waals surface area contributed by atoms with Gasteiger partial charge in [-0.1, -0.05) is 13.8 Å². The Bertz CT molecular complexity index is 341. The van der Waals surface area contributed by atoms with Gasteiger partial charge in [0.25, 0.3) is 0 Å². The van der Waals surface area contributed by atoms with Crippen LogP contribution >= 0.6 is 0 Å². The van der Waals surface area contributed by atoms with Crippen LogP contribution in [0.5, 0.6) is 0 Å². The zero-order valence-corrected chi connectivity index (χ0v) is 9.91. The third-order valence-electron chi connectivity index (χ3n) is 2.79. The highest BCUT2D eigenvalue weighted by molar-refractivity contribution is 5.87. The van der Waals surface area contributed by atoms with Crippen LogP contribution < -0.4 is 0 Å². The minimum Gasteiger partial charge on any atom is -0.464 e. The molecule has 1 atom stereocenters. The molecule has 0 unspecified atom stereocenters. The molecule has 0 radical (unpaired) electrons. The van der Waals surface area contributed by atoms with Crippen molar-refractivity contribution in [2.75, 3.05) is 7.11 Å². The maximum Gasteiger partial charge on any atom is 0.354 e. The van der Waals surface area contributed by atoms with Crippen LogP contribution in [0, 0.1) is 0 Å². The van der Waals surface area contributed by atoms with E-state index in [0.717, 1.165) is 12.8 Å². The number of aryl methyl sites for hydroxylation is 1. The second-order valence-electron chi connectivity index (χ2n) is 3.68. The number of hydrogen-bond acceptors (Lipinski definition) is 2. The molecule has 0 aromatic carbocycles. The van der Waals surface area contributed by atoms with Crippen LogP contribution in [0.2, 0.25) is 0 Å². The average molecular weight is 209 g/mol. The van der Waals surface area contributed by atoms with Gasteiger partial charge < -0.3 is 9.30 Å². The molecule has 0 N–H and O–H groups in total. The summed E-state index contributed by atoms with van der Waals surface area (Å²) in [5, 5.41) is 0. The molecule has 84 valence electrons. The minimum atomic E-state index is -0.255. The molecule has 0 saturated carbocycles. The lowest BCUT2D eigenvalue weighted by atomic mass is 10.2. The van der Waals surface area contributed by atoms with Crippen LogP contribution in [-0.2, 0) is 11.2 Å². The van der Waals surface area contributed by atoms with Gasteiger partial charge in [0.05, 0.1) is 7.11 Å². The van der Waals surface area contributed by atoms with Crippen molar-refractivity contribution >= 4 is 5.97 Å². The van der Waals surface area contributed by atoms with Crippen molar-refractivity contribution < 1.29 is 9.53 Å². The van der Waals surface area contributed by atoms with Gasteiger partial charge in [-0.15, -0.1) is 0 Å². The highest BCUT2D eigenvalue weighted by Crippen LogP contribution is 2.20. The van der Waals surface area contributed by atoms with E-state index in [-0.39, 0.29) is 5.97 Å². The first-order valence-corrected chi connectivity index (χ1v) is 5.44. The van der Waals surface area contributed by atoms with E-state index in [2.05, 4.69) is 25.3 Å². The summed E-state index contributed by atoms with van der Waals surface area (Å²) in [7, 11) is 1.42. The Morgan fingerprint density at radius 3 is 2.60 bits per heavy atom. The maximum absolute atomic E-state index is 11.5. The fraction of sp³-hybridized carbons (Fsp3) is 0.583.